The third-order valence-electron chi connectivity index (χ3n) is 8.63. The molecule has 0 bridgehead atoms. The zero-order valence-electron chi connectivity index (χ0n) is 24.7. The van der Waals surface area contributed by atoms with Crippen LogP contribution in [0.3, 0.4) is 0 Å². The number of ether oxygens (including phenoxy) is 2. The number of amides is 1. The highest BCUT2D eigenvalue weighted by Crippen LogP contribution is 2.36. The first kappa shape index (κ1) is 38.7. The second-order valence-electron chi connectivity index (χ2n) is 11.4. The summed E-state index contributed by atoms with van der Waals surface area (Å²) in [4.78, 5) is 49.2. The molecule has 45 heavy (non-hydrogen) atoms. The molecule has 2 rings (SSSR count). The number of rotatable bonds is 17. The van der Waals surface area contributed by atoms with E-state index in [2.05, 4.69) is 0 Å². The van der Waals surface area contributed by atoms with Crippen LogP contribution in [0.1, 0.15) is 58.3 Å². The zero-order valence-corrected chi connectivity index (χ0v) is 24.7. The Balaban J connectivity index is 2.10. The van der Waals surface area contributed by atoms with Crippen molar-refractivity contribution in [1.82, 2.24) is 4.90 Å². The molecule has 2 fully saturated rings. The predicted molar refractivity (Wildman–Crippen MR) is 146 cm³/mol. The number of carbonyl (C=O) groups is 4. The number of aliphatic carboxylic acids is 3. The summed E-state index contributed by atoms with van der Waals surface area (Å²) in [5, 5.41) is 110. The second kappa shape index (κ2) is 16.9. The number of aliphatic hydroxyl groups excluding tert-OH is 8. The Morgan fingerprint density at radius 2 is 1.04 bits per heavy atom. The maximum absolute atomic E-state index is 13.5. The van der Waals surface area contributed by atoms with Gasteiger partial charge in [-0.1, -0.05) is 39.0 Å². The van der Waals surface area contributed by atoms with Crippen LogP contribution >= 0.6 is 0 Å². The number of unbranched alkanes of at least 4 members (excludes halogenated alkanes) is 4. The van der Waals surface area contributed by atoms with E-state index in [9.17, 15) is 75.3 Å². The molecule has 0 saturated carbocycles. The maximum atomic E-state index is 13.5. The summed E-state index contributed by atoms with van der Waals surface area (Å²) in [5.41, 5.74) is -2.99. The van der Waals surface area contributed by atoms with Crippen LogP contribution in [0.25, 0.3) is 0 Å². The van der Waals surface area contributed by atoms with Gasteiger partial charge in [-0.05, 0) is 18.8 Å². The van der Waals surface area contributed by atoms with Gasteiger partial charge in [0.2, 0.25) is 5.91 Å². The smallest absolute Gasteiger partial charge is 0.333 e. The van der Waals surface area contributed by atoms with Crippen LogP contribution in [0, 0.1) is 11.3 Å². The predicted octanol–water partition coefficient (Wildman–Crippen LogP) is -3.59. The van der Waals surface area contributed by atoms with Crippen molar-refractivity contribution in [2.75, 3.05) is 13.2 Å². The molecular formula is C27H45NO17. The van der Waals surface area contributed by atoms with Crippen molar-refractivity contribution in [2.45, 2.75) is 120 Å². The molecule has 0 aromatic heterocycles. The first-order valence-corrected chi connectivity index (χ1v) is 14.8. The van der Waals surface area contributed by atoms with Crippen LogP contribution in [-0.2, 0) is 28.7 Å². The summed E-state index contributed by atoms with van der Waals surface area (Å²) in [5.74, 6) is -7.90. The van der Waals surface area contributed by atoms with Crippen molar-refractivity contribution in [3.05, 3.63) is 0 Å². The van der Waals surface area contributed by atoms with Crippen LogP contribution in [-0.4, -0.2) is 159 Å². The van der Waals surface area contributed by atoms with E-state index in [1.165, 1.54) is 6.92 Å². The maximum Gasteiger partial charge on any atom is 0.333 e. The molecule has 0 aliphatic carbocycles. The molecule has 0 aromatic rings. The zero-order chi connectivity index (χ0) is 34.2. The van der Waals surface area contributed by atoms with Gasteiger partial charge in [0.25, 0.3) is 5.41 Å². The third kappa shape index (κ3) is 8.07. The summed E-state index contributed by atoms with van der Waals surface area (Å²) in [6, 6.07) is 0. The molecule has 0 radical (unpaired) electrons. The topological polar surface area (TPSA) is 313 Å². The van der Waals surface area contributed by atoms with E-state index in [4.69, 9.17) is 9.47 Å². The molecule has 0 aromatic carbocycles. The van der Waals surface area contributed by atoms with Crippen LogP contribution < -0.4 is 0 Å². The highest BCUT2D eigenvalue weighted by Gasteiger charge is 2.59. The normalized spacial score (nSPS) is 32.9. The largest absolute Gasteiger partial charge is 0.480 e. The fraction of sp³-hybridized carbons (Fsp3) is 0.852. The van der Waals surface area contributed by atoms with E-state index in [-0.39, 0.29) is 25.7 Å². The summed E-state index contributed by atoms with van der Waals surface area (Å²) >= 11 is 0. The SMILES string of the molecule is CCC(CCCCCCCC(=O)N(C1O[C@H](CO)[C@@H](O)[C@H](O)[C@H]1O)C1O[C@H](CO)[C@@H](O)[C@H](O)[C@H]1O)C(C(=O)O)(C(=O)O)C(=O)O. The van der Waals surface area contributed by atoms with Gasteiger partial charge in [-0.25, -0.2) is 0 Å². The minimum atomic E-state index is -2.99. The minimum absolute atomic E-state index is 0.00231. The van der Waals surface area contributed by atoms with Gasteiger partial charge in [-0.2, -0.15) is 0 Å². The molecule has 3 unspecified atom stereocenters. The number of aliphatic hydroxyl groups is 8. The molecular weight excluding hydrogens is 610 g/mol. The standard InChI is InChI=1S/C27H45NO17/c1-2-12(27(24(38)39,25(40)41)26(42)43)8-6-4-3-5-7-9-15(31)28(22-20(36)18(34)16(32)13(10-29)44-22)23-21(37)19(35)17(33)14(11-30)45-23/h12-14,16-23,29-30,32-37H,2-11H2,1H3,(H,38,39)(H,40,41)(H,42,43)/t12?,13-,14-,16-,17-,18+,19+,20-,21-,22?,23?/m1/s1. The quantitative estimate of drug-likeness (QED) is 0.0533. The van der Waals surface area contributed by atoms with E-state index >= 15 is 0 Å². The molecule has 2 aliphatic heterocycles. The van der Waals surface area contributed by atoms with Gasteiger partial charge < -0.3 is 65.6 Å². The average Bonchev–Trinajstić information content (AvgIpc) is 2.99. The van der Waals surface area contributed by atoms with E-state index < -0.39 is 110 Å². The van der Waals surface area contributed by atoms with Gasteiger partial charge in [-0.15, -0.1) is 0 Å². The van der Waals surface area contributed by atoms with Crippen LogP contribution in [0.15, 0.2) is 0 Å². The number of carbonyl (C=O) groups excluding carboxylic acids is 1. The molecule has 18 nitrogen and oxygen atoms in total. The molecule has 2 aliphatic rings. The van der Waals surface area contributed by atoms with Crippen molar-refractivity contribution < 1.29 is 84.8 Å². The molecule has 2 heterocycles. The van der Waals surface area contributed by atoms with Crippen molar-refractivity contribution in [3.8, 4) is 0 Å². The molecule has 0 spiro atoms. The lowest BCUT2D eigenvalue weighted by Gasteiger charge is -2.50. The molecule has 11 atom stereocenters. The van der Waals surface area contributed by atoms with Crippen LogP contribution in [0.5, 0.6) is 0 Å². The summed E-state index contributed by atoms with van der Waals surface area (Å²) < 4.78 is 11.0. The van der Waals surface area contributed by atoms with E-state index in [0.717, 1.165) is 0 Å². The van der Waals surface area contributed by atoms with Gasteiger partial charge >= 0.3 is 17.9 Å². The summed E-state index contributed by atoms with van der Waals surface area (Å²) in [7, 11) is 0. The molecule has 2 saturated heterocycles. The van der Waals surface area contributed by atoms with Crippen molar-refractivity contribution >= 4 is 23.8 Å². The van der Waals surface area contributed by atoms with Gasteiger partial charge in [0.15, 0.2) is 12.5 Å². The van der Waals surface area contributed by atoms with Gasteiger partial charge in [-0.3, -0.25) is 24.1 Å². The Bertz CT molecular complexity index is 936. The van der Waals surface area contributed by atoms with Crippen molar-refractivity contribution in [3.63, 3.8) is 0 Å². The fourth-order valence-electron chi connectivity index (χ4n) is 5.90. The Labute approximate surface area is 258 Å². The number of carboxylic acid groups (broad SMARTS) is 3. The lowest BCUT2D eigenvalue weighted by molar-refractivity contribution is -0.315. The number of carboxylic acids is 3. The Kier molecular flexibility index (Phi) is 14.5. The number of hydrogen-bond donors (Lipinski definition) is 11. The lowest BCUT2D eigenvalue weighted by atomic mass is 9.71. The van der Waals surface area contributed by atoms with E-state index in [0.29, 0.717) is 30.6 Å². The van der Waals surface area contributed by atoms with Gasteiger partial charge in [0.05, 0.1) is 13.2 Å². The van der Waals surface area contributed by atoms with Crippen molar-refractivity contribution in [2.24, 2.45) is 11.3 Å². The Morgan fingerprint density at radius 3 is 1.42 bits per heavy atom. The van der Waals surface area contributed by atoms with Crippen LogP contribution in [0.2, 0.25) is 0 Å². The molecule has 18 heteroatoms. The van der Waals surface area contributed by atoms with Gasteiger partial charge in [0, 0.05) is 6.42 Å². The van der Waals surface area contributed by atoms with Crippen molar-refractivity contribution in [1.29, 1.82) is 0 Å². The minimum Gasteiger partial charge on any atom is -0.480 e. The molecule has 1 amide bonds. The monoisotopic (exact) mass is 655 g/mol. The highest BCUT2D eigenvalue weighted by molar-refractivity contribution is 6.16. The van der Waals surface area contributed by atoms with E-state index in [1.807, 2.05) is 0 Å². The number of nitrogens with zero attached hydrogens (tertiary/aromatic N) is 1. The Morgan fingerprint density at radius 1 is 0.644 bits per heavy atom. The second-order valence-corrected chi connectivity index (χ2v) is 11.4. The summed E-state index contributed by atoms with van der Waals surface area (Å²) in [6.45, 7) is -0.163. The highest BCUT2D eigenvalue weighted by atomic mass is 16.6. The Hall–Kier alpha value is -2.52. The summed E-state index contributed by atoms with van der Waals surface area (Å²) in [6.07, 6.45) is -16.3. The lowest BCUT2D eigenvalue weighted by Crippen LogP contribution is -2.70. The van der Waals surface area contributed by atoms with Gasteiger partial charge in [0.1, 0.15) is 48.8 Å². The molecule has 11 N–H and O–H groups in total. The first-order chi connectivity index (χ1) is 21.1. The third-order valence-corrected chi connectivity index (χ3v) is 8.63. The average molecular weight is 656 g/mol. The van der Waals surface area contributed by atoms with E-state index in [1.54, 1.807) is 0 Å². The first-order valence-electron chi connectivity index (χ1n) is 14.8. The van der Waals surface area contributed by atoms with Crippen LogP contribution in [0.4, 0.5) is 0 Å². The molecule has 260 valence electrons. The number of hydrogen-bond acceptors (Lipinski definition) is 14. The fourth-order valence-corrected chi connectivity index (χ4v) is 5.90.